The minimum atomic E-state index is -0.183. The van der Waals surface area contributed by atoms with Crippen molar-refractivity contribution >= 4 is 40.4 Å². The Morgan fingerprint density at radius 2 is 2.00 bits per heavy atom. The first-order valence-electron chi connectivity index (χ1n) is 9.53. The Balaban J connectivity index is 1.29. The van der Waals surface area contributed by atoms with Crippen LogP contribution in [0.4, 0.5) is 16.8 Å². The average Bonchev–Trinajstić information content (AvgIpc) is 3.24. The van der Waals surface area contributed by atoms with Gasteiger partial charge in [-0.3, -0.25) is 14.6 Å². The molecule has 0 saturated carbocycles. The highest BCUT2D eigenvalue weighted by Crippen LogP contribution is 2.32. The Hall–Kier alpha value is -3.47. The molecule has 0 radical (unpaired) electrons. The summed E-state index contributed by atoms with van der Waals surface area (Å²) in [4.78, 5) is 28.9. The Morgan fingerprint density at radius 3 is 2.70 bits per heavy atom. The molecule has 1 aliphatic rings. The Bertz CT molecular complexity index is 987. The van der Waals surface area contributed by atoms with Gasteiger partial charge in [0.2, 0.25) is 17.4 Å². The minimum Gasteiger partial charge on any atom is -0.355 e. The summed E-state index contributed by atoms with van der Waals surface area (Å²) in [5, 5.41) is 23.3. The van der Waals surface area contributed by atoms with Crippen LogP contribution in [-0.4, -0.2) is 50.8 Å². The smallest absolute Gasteiger partial charge is 0.231 e. The SMILES string of the molecule is O=CNc1nnc(C2CCN(c3ccc(NC(=O)Cc4ccccn4)nn3)CC2)s1. The molecule has 3 aromatic rings. The van der Waals surface area contributed by atoms with E-state index >= 15 is 0 Å². The molecule has 0 aromatic carbocycles. The molecular weight excluding hydrogens is 404 g/mol. The molecule has 4 rings (SSSR count). The van der Waals surface area contributed by atoms with Gasteiger partial charge in [0.25, 0.3) is 0 Å². The van der Waals surface area contributed by atoms with Crippen LogP contribution in [0.5, 0.6) is 0 Å². The monoisotopic (exact) mass is 424 g/mol. The predicted octanol–water partition coefficient (Wildman–Crippen LogP) is 1.86. The average molecular weight is 424 g/mol. The van der Waals surface area contributed by atoms with Gasteiger partial charge in [0.15, 0.2) is 11.6 Å². The zero-order valence-electron chi connectivity index (χ0n) is 16.1. The van der Waals surface area contributed by atoms with Gasteiger partial charge < -0.3 is 15.5 Å². The molecule has 0 bridgehead atoms. The van der Waals surface area contributed by atoms with Crippen molar-refractivity contribution in [1.82, 2.24) is 25.4 Å². The van der Waals surface area contributed by atoms with Gasteiger partial charge in [-0.1, -0.05) is 17.4 Å². The fraction of sp³-hybridized carbons (Fsp3) is 0.316. The number of hydrogen-bond donors (Lipinski definition) is 2. The lowest BCUT2D eigenvalue weighted by Gasteiger charge is -2.31. The number of piperidine rings is 1. The van der Waals surface area contributed by atoms with Gasteiger partial charge in [0.1, 0.15) is 5.01 Å². The van der Waals surface area contributed by atoms with E-state index in [-0.39, 0.29) is 12.3 Å². The normalized spacial score (nSPS) is 14.3. The van der Waals surface area contributed by atoms with E-state index in [1.807, 2.05) is 18.2 Å². The fourth-order valence-corrected chi connectivity index (χ4v) is 4.15. The largest absolute Gasteiger partial charge is 0.355 e. The second-order valence-corrected chi connectivity index (χ2v) is 7.80. The molecule has 11 heteroatoms. The number of aromatic nitrogens is 5. The lowest BCUT2D eigenvalue weighted by Crippen LogP contribution is -2.33. The number of hydrogen-bond acceptors (Lipinski definition) is 9. The van der Waals surface area contributed by atoms with Crippen molar-refractivity contribution in [3.63, 3.8) is 0 Å². The van der Waals surface area contributed by atoms with E-state index in [2.05, 4.69) is 40.9 Å². The number of pyridine rings is 1. The second kappa shape index (κ2) is 9.35. The molecule has 2 amide bonds. The number of rotatable bonds is 7. The van der Waals surface area contributed by atoms with Crippen molar-refractivity contribution < 1.29 is 9.59 Å². The van der Waals surface area contributed by atoms with Crippen molar-refractivity contribution in [3.8, 4) is 0 Å². The van der Waals surface area contributed by atoms with Crippen molar-refractivity contribution in [2.24, 2.45) is 0 Å². The van der Waals surface area contributed by atoms with Crippen LogP contribution in [-0.2, 0) is 16.0 Å². The number of anilines is 3. The van der Waals surface area contributed by atoms with Gasteiger partial charge in [-0.05, 0) is 37.1 Å². The molecule has 3 aromatic heterocycles. The van der Waals surface area contributed by atoms with E-state index in [9.17, 15) is 9.59 Å². The van der Waals surface area contributed by atoms with E-state index in [0.717, 1.165) is 36.8 Å². The van der Waals surface area contributed by atoms with E-state index in [0.29, 0.717) is 29.0 Å². The molecule has 0 spiro atoms. The zero-order chi connectivity index (χ0) is 20.8. The Labute approximate surface area is 176 Å². The molecule has 0 unspecified atom stereocenters. The van der Waals surface area contributed by atoms with E-state index in [4.69, 9.17) is 0 Å². The van der Waals surface area contributed by atoms with Crippen LogP contribution in [0.15, 0.2) is 36.5 Å². The third-order valence-electron chi connectivity index (χ3n) is 4.78. The summed E-state index contributed by atoms with van der Waals surface area (Å²) in [5.74, 6) is 1.33. The summed E-state index contributed by atoms with van der Waals surface area (Å²) in [6.07, 6.45) is 4.29. The highest BCUT2D eigenvalue weighted by Gasteiger charge is 2.24. The number of nitrogens with one attached hydrogen (secondary N) is 2. The first-order valence-corrected chi connectivity index (χ1v) is 10.3. The third kappa shape index (κ3) is 4.92. The predicted molar refractivity (Wildman–Crippen MR) is 112 cm³/mol. The summed E-state index contributed by atoms with van der Waals surface area (Å²) in [6, 6.07) is 9.08. The van der Waals surface area contributed by atoms with E-state index in [1.54, 1.807) is 18.3 Å². The van der Waals surface area contributed by atoms with Gasteiger partial charge in [0, 0.05) is 30.9 Å². The third-order valence-corrected chi connectivity index (χ3v) is 5.79. The highest BCUT2D eigenvalue weighted by molar-refractivity contribution is 7.15. The molecule has 1 fully saturated rings. The van der Waals surface area contributed by atoms with Gasteiger partial charge in [-0.2, -0.15) is 0 Å². The molecule has 30 heavy (non-hydrogen) atoms. The van der Waals surface area contributed by atoms with Crippen molar-refractivity contribution in [2.75, 3.05) is 28.6 Å². The number of nitrogens with zero attached hydrogens (tertiary/aromatic N) is 6. The van der Waals surface area contributed by atoms with Crippen LogP contribution in [0, 0.1) is 0 Å². The van der Waals surface area contributed by atoms with Gasteiger partial charge in [-0.25, -0.2) is 0 Å². The minimum absolute atomic E-state index is 0.183. The molecule has 1 saturated heterocycles. The maximum atomic E-state index is 12.1. The Morgan fingerprint density at radius 1 is 1.13 bits per heavy atom. The summed E-state index contributed by atoms with van der Waals surface area (Å²) in [6.45, 7) is 1.64. The second-order valence-electron chi connectivity index (χ2n) is 6.79. The van der Waals surface area contributed by atoms with Gasteiger partial charge >= 0.3 is 0 Å². The summed E-state index contributed by atoms with van der Waals surface area (Å²) < 4.78 is 0. The number of amides is 2. The molecule has 4 heterocycles. The summed E-state index contributed by atoms with van der Waals surface area (Å²) in [7, 11) is 0. The van der Waals surface area contributed by atoms with E-state index < -0.39 is 0 Å². The number of carbonyl (C=O) groups is 2. The molecule has 0 atom stereocenters. The summed E-state index contributed by atoms with van der Waals surface area (Å²) >= 11 is 1.41. The van der Waals surface area contributed by atoms with Gasteiger partial charge in [0.05, 0.1) is 6.42 Å². The number of carbonyl (C=O) groups excluding carboxylic acids is 2. The van der Waals surface area contributed by atoms with Crippen LogP contribution in [0.1, 0.15) is 29.5 Å². The standard InChI is InChI=1S/C19H20N8O2S/c28-12-21-19-26-25-18(30-19)13-6-9-27(10-7-13)16-5-4-15(23-24-16)22-17(29)11-14-3-1-2-8-20-14/h1-5,8,12-13H,6-7,9-11H2,(H,21,26,28)(H,22,23,29). The molecular formula is C19H20N8O2S. The lowest BCUT2D eigenvalue weighted by atomic mass is 9.98. The van der Waals surface area contributed by atoms with Crippen LogP contribution in [0.2, 0.25) is 0 Å². The lowest BCUT2D eigenvalue weighted by molar-refractivity contribution is -0.115. The summed E-state index contributed by atoms with van der Waals surface area (Å²) in [5.41, 5.74) is 0.701. The molecule has 1 aliphatic heterocycles. The fourth-order valence-electron chi connectivity index (χ4n) is 3.28. The zero-order valence-corrected chi connectivity index (χ0v) is 16.9. The van der Waals surface area contributed by atoms with Crippen LogP contribution in [0.25, 0.3) is 0 Å². The maximum absolute atomic E-state index is 12.1. The van der Waals surface area contributed by atoms with Crippen molar-refractivity contribution in [1.29, 1.82) is 0 Å². The van der Waals surface area contributed by atoms with Crippen LogP contribution >= 0.6 is 11.3 Å². The highest BCUT2D eigenvalue weighted by atomic mass is 32.1. The molecule has 10 nitrogen and oxygen atoms in total. The van der Waals surface area contributed by atoms with Crippen LogP contribution < -0.4 is 15.5 Å². The topological polar surface area (TPSA) is 126 Å². The maximum Gasteiger partial charge on any atom is 0.231 e. The van der Waals surface area contributed by atoms with E-state index in [1.165, 1.54) is 11.3 Å². The first kappa shape index (κ1) is 19.8. The Kier molecular flexibility index (Phi) is 6.18. The van der Waals surface area contributed by atoms with Crippen molar-refractivity contribution in [3.05, 3.63) is 47.2 Å². The van der Waals surface area contributed by atoms with Crippen LogP contribution in [0.3, 0.4) is 0 Å². The molecule has 2 N–H and O–H groups in total. The van der Waals surface area contributed by atoms with Gasteiger partial charge in [-0.15, -0.1) is 20.4 Å². The quantitative estimate of drug-likeness (QED) is 0.551. The molecule has 0 aliphatic carbocycles. The first-order chi connectivity index (χ1) is 14.7. The molecule has 154 valence electrons. The van der Waals surface area contributed by atoms with Crippen molar-refractivity contribution in [2.45, 2.75) is 25.2 Å².